The first-order chi connectivity index (χ1) is 7.90. The van der Waals surface area contributed by atoms with Crippen LogP contribution in [-0.4, -0.2) is 53.5 Å². The lowest BCUT2D eigenvalue weighted by Gasteiger charge is -2.21. The van der Waals surface area contributed by atoms with Crippen LogP contribution in [0, 0.1) is 5.92 Å². The highest BCUT2D eigenvalue weighted by Crippen LogP contribution is 2.15. The van der Waals surface area contributed by atoms with Crippen LogP contribution in [0.1, 0.15) is 13.3 Å². The molecule has 17 heavy (non-hydrogen) atoms. The van der Waals surface area contributed by atoms with Gasteiger partial charge in [-0.3, -0.25) is 14.5 Å². The number of carboxylic acid groups (broad SMARTS) is 1. The highest BCUT2D eigenvalue weighted by atomic mass is 16.4. The summed E-state index contributed by atoms with van der Waals surface area (Å²) < 4.78 is 0. The fraction of sp³-hybridized carbons (Fsp3) is 0.700. The predicted molar refractivity (Wildman–Crippen MR) is 59.0 cm³/mol. The van der Waals surface area contributed by atoms with Crippen molar-refractivity contribution in [3.63, 3.8) is 0 Å². The van der Waals surface area contributed by atoms with Crippen LogP contribution in [0.3, 0.4) is 0 Å². The predicted octanol–water partition coefficient (Wildman–Crippen LogP) is -1.62. The molecule has 96 valence electrons. The Kier molecular flexibility index (Phi) is 4.45. The van der Waals surface area contributed by atoms with Crippen molar-refractivity contribution < 1.29 is 19.5 Å². The third kappa shape index (κ3) is 4.03. The monoisotopic (exact) mass is 243 g/mol. The quantitative estimate of drug-likeness (QED) is 0.537. The molecule has 1 heterocycles. The summed E-state index contributed by atoms with van der Waals surface area (Å²) in [6.07, 6.45) is 0.641. The van der Waals surface area contributed by atoms with Gasteiger partial charge in [0.2, 0.25) is 11.8 Å². The fourth-order valence-corrected chi connectivity index (χ4v) is 1.92. The summed E-state index contributed by atoms with van der Waals surface area (Å²) in [4.78, 5) is 34.5. The molecule has 1 aliphatic heterocycles. The number of hydrogen-bond acceptors (Lipinski definition) is 4. The van der Waals surface area contributed by atoms with Gasteiger partial charge in [-0.2, -0.15) is 0 Å². The smallest absolute Gasteiger partial charge is 0.327 e. The summed E-state index contributed by atoms with van der Waals surface area (Å²) in [6, 6.07) is -0.945. The molecule has 1 aliphatic rings. The minimum atomic E-state index is -1.08. The van der Waals surface area contributed by atoms with Crippen molar-refractivity contribution in [2.45, 2.75) is 19.4 Å². The average Bonchev–Trinajstić information content (AvgIpc) is 2.64. The minimum absolute atomic E-state index is 0.193. The molecule has 0 aromatic rings. The second kappa shape index (κ2) is 5.62. The number of carboxylic acids is 1. The van der Waals surface area contributed by atoms with Gasteiger partial charge in [0.15, 0.2) is 0 Å². The lowest BCUT2D eigenvalue weighted by molar-refractivity contribution is -0.142. The summed E-state index contributed by atoms with van der Waals surface area (Å²) in [5, 5.41) is 11.3. The summed E-state index contributed by atoms with van der Waals surface area (Å²) in [6.45, 7) is 2.54. The van der Waals surface area contributed by atoms with E-state index in [1.54, 1.807) is 0 Å². The Bertz CT molecular complexity index is 332. The molecule has 0 bridgehead atoms. The number of nitrogens with two attached hydrogens (primary N) is 1. The number of nitrogens with one attached hydrogen (secondary N) is 1. The Hall–Kier alpha value is -1.63. The van der Waals surface area contributed by atoms with Crippen LogP contribution in [0.25, 0.3) is 0 Å². The fourth-order valence-electron chi connectivity index (χ4n) is 1.92. The van der Waals surface area contributed by atoms with Crippen LogP contribution >= 0.6 is 0 Å². The first-order valence-corrected chi connectivity index (χ1v) is 5.41. The molecule has 2 unspecified atom stereocenters. The van der Waals surface area contributed by atoms with Gasteiger partial charge in [-0.05, 0) is 13.0 Å². The van der Waals surface area contributed by atoms with Gasteiger partial charge in [-0.1, -0.05) is 0 Å². The van der Waals surface area contributed by atoms with Crippen molar-refractivity contribution in [1.29, 1.82) is 0 Å². The number of likely N-dealkylation sites (tertiary alicyclic amines) is 1. The summed E-state index contributed by atoms with van der Waals surface area (Å²) >= 11 is 0. The average molecular weight is 243 g/mol. The molecule has 1 rings (SSSR count). The highest BCUT2D eigenvalue weighted by molar-refractivity contribution is 5.82. The first kappa shape index (κ1) is 13.4. The molecule has 0 radical (unpaired) electrons. The van der Waals surface area contributed by atoms with Gasteiger partial charge in [-0.15, -0.1) is 0 Å². The lowest BCUT2D eigenvalue weighted by Crippen LogP contribution is -2.47. The van der Waals surface area contributed by atoms with Crippen LogP contribution in [0.15, 0.2) is 0 Å². The van der Waals surface area contributed by atoms with Gasteiger partial charge in [0.1, 0.15) is 6.04 Å². The van der Waals surface area contributed by atoms with E-state index in [1.165, 1.54) is 6.92 Å². The number of nitrogens with zero attached hydrogens (tertiary/aromatic N) is 1. The number of amides is 2. The van der Waals surface area contributed by atoms with E-state index in [1.807, 2.05) is 4.90 Å². The van der Waals surface area contributed by atoms with Crippen molar-refractivity contribution >= 4 is 17.8 Å². The Morgan fingerprint density at radius 2 is 2.18 bits per heavy atom. The maximum absolute atomic E-state index is 11.0. The van der Waals surface area contributed by atoms with Gasteiger partial charge in [0, 0.05) is 20.0 Å². The number of primary amides is 1. The Morgan fingerprint density at radius 1 is 1.53 bits per heavy atom. The van der Waals surface area contributed by atoms with E-state index >= 15 is 0 Å². The molecular weight excluding hydrogens is 226 g/mol. The SMILES string of the molecule is CC(=O)NC(CN1CCC(C(N)=O)C1)C(=O)O. The largest absolute Gasteiger partial charge is 0.480 e. The molecule has 2 amide bonds. The molecule has 7 nitrogen and oxygen atoms in total. The third-order valence-corrected chi connectivity index (χ3v) is 2.79. The highest BCUT2D eigenvalue weighted by Gasteiger charge is 2.30. The maximum atomic E-state index is 11.0. The lowest BCUT2D eigenvalue weighted by atomic mass is 10.1. The maximum Gasteiger partial charge on any atom is 0.327 e. The summed E-state index contributed by atoms with van der Waals surface area (Å²) in [5.41, 5.74) is 5.18. The second-order valence-electron chi connectivity index (χ2n) is 4.24. The Balaban J connectivity index is 2.49. The summed E-state index contributed by atoms with van der Waals surface area (Å²) in [7, 11) is 0. The van der Waals surface area contributed by atoms with Gasteiger partial charge >= 0.3 is 5.97 Å². The van der Waals surface area contributed by atoms with E-state index in [2.05, 4.69) is 5.32 Å². The van der Waals surface area contributed by atoms with Crippen LogP contribution < -0.4 is 11.1 Å². The van der Waals surface area contributed by atoms with Crippen molar-refractivity contribution in [1.82, 2.24) is 10.2 Å². The van der Waals surface area contributed by atoms with E-state index in [4.69, 9.17) is 10.8 Å². The van der Waals surface area contributed by atoms with Crippen LogP contribution in [0.4, 0.5) is 0 Å². The molecule has 4 N–H and O–H groups in total. The van der Waals surface area contributed by atoms with Crippen molar-refractivity contribution in [2.75, 3.05) is 19.6 Å². The molecule has 0 aliphatic carbocycles. The second-order valence-corrected chi connectivity index (χ2v) is 4.24. The van der Waals surface area contributed by atoms with Crippen LogP contribution in [-0.2, 0) is 14.4 Å². The van der Waals surface area contributed by atoms with E-state index in [-0.39, 0.29) is 24.3 Å². The molecule has 1 fully saturated rings. The zero-order chi connectivity index (χ0) is 13.0. The van der Waals surface area contributed by atoms with Gasteiger partial charge in [0.25, 0.3) is 0 Å². The molecular formula is C10H17N3O4. The van der Waals surface area contributed by atoms with E-state index in [0.29, 0.717) is 19.5 Å². The van der Waals surface area contributed by atoms with E-state index < -0.39 is 12.0 Å². The van der Waals surface area contributed by atoms with E-state index in [9.17, 15) is 14.4 Å². The number of rotatable bonds is 5. The third-order valence-electron chi connectivity index (χ3n) is 2.79. The number of aliphatic carboxylic acids is 1. The zero-order valence-electron chi connectivity index (χ0n) is 9.68. The molecule has 2 atom stereocenters. The van der Waals surface area contributed by atoms with Gasteiger partial charge in [-0.25, -0.2) is 4.79 Å². The van der Waals surface area contributed by atoms with Crippen LogP contribution in [0.5, 0.6) is 0 Å². The number of carbonyl (C=O) groups is 3. The zero-order valence-corrected chi connectivity index (χ0v) is 9.68. The topological polar surface area (TPSA) is 113 Å². The summed E-state index contributed by atoms with van der Waals surface area (Å²) in [5.74, 6) is -2.05. The first-order valence-electron chi connectivity index (χ1n) is 5.41. The number of hydrogen-bond donors (Lipinski definition) is 3. The van der Waals surface area contributed by atoms with Crippen molar-refractivity contribution in [3.05, 3.63) is 0 Å². The molecule has 7 heteroatoms. The molecule has 0 spiro atoms. The molecule has 1 saturated heterocycles. The van der Waals surface area contributed by atoms with E-state index in [0.717, 1.165) is 0 Å². The Morgan fingerprint density at radius 3 is 2.59 bits per heavy atom. The van der Waals surface area contributed by atoms with Gasteiger partial charge in [0.05, 0.1) is 5.92 Å². The molecule has 0 saturated carbocycles. The van der Waals surface area contributed by atoms with Crippen molar-refractivity contribution in [2.24, 2.45) is 11.7 Å². The van der Waals surface area contributed by atoms with Gasteiger partial charge < -0.3 is 16.2 Å². The minimum Gasteiger partial charge on any atom is -0.480 e. The molecule has 0 aromatic heterocycles. The van der Waals surface area contributed by atoms with Crippen molar-refractivity contribution in [3.8, 4) is 0 Å². The Labute approximate surface area is 98.9 Å². The standard InChI is InChI=1S/C10H17N3O4/c1-6(14)12-8(10(16)17)5-13-3-2-7(4-13)9(11)15/h7-8H,2-5H2,1H3,(H2,11,15)(H,12,14)(H,16,17). The molecule has 0 aromatic carbocycles. The normalized spacial score (nSPS) is 22.1. The number of carbonyl (C=O) groups excluding carboxylic acids is 2. The van der Waals surface area contributed by atoms with Crippen LogP contribution in [0.2, 0.25) is 0 Å².